The second-order valence-corrected chi connectivity index (χ2v) is 10.7. The third-order valence-electron chi connectivity index (χ3n) is 7.42. The number of rotatable bonds is 3. The average molecular weight is 503 g/mol. The Morgan fingerprint density at radius 1 is 0.474 bits per heavy atom. The summed E-state index contributed by atoms with van der Waals surface area (Å²) in [6.45, 7) is 0. The van der Waals surface area contributed by atoms with Gasteiger partial charge in [-0.2, -0.15) is 0 Å². The lowest BCUT2D eigenvalue weighted by Gasteiger charge is -2.10. The van der Waals surface area contributed by atoms with Gasteiger partial charge < -0.3 is 4.57 Å². The third-order valence-corrected chi connectivity index (χ3v) is 8.54. The van der Waals surface area contributed by atoms with Gasteiger partial charge in [0.15, 0.2) is 0 Å². The summed E-state index contributed by atoms with van der Waals surface area (Å²) in [6.07, 6.45) is 0. The molecule has 0 aliphatic carbocycles. The highest BCUT2D eigenvalue weighted by Gasteiger charge is 2.12. The summed E-state index contributed by atoms with van der Waals surface area (Å²) in [6, 6.07) is 47.7. The first kappa shape index (κ1) is 21.4. The molecular formula is C35H22N2S. The van der Waals surface area contributed by atoms with E-state index in [0.717, 1.165) is 16.8 Å². The molecule has 0 N–H and O–H groups in total. The van der Waals surface area contributed by atoms with Gasteiger partial charge in [0.05, 0.1) is 26.9 Å². The number of nitrogens with zero attached hydrogens (tertiary/aromatic N) is 2. The van der Waals surface area contributed by atoms with E-state index in [9.17, 15) is 0 Å². The van der Waals surface area contributed by atoms with Crippen molar-refractivity contribution in [3.8, 4) is 28.1 Å². The summed E-state index contributed by atoms with van der Waals surface area (Å²) in [7, 11) is 0. The second-order valence-electron chi connectivity index (χ2n) is 9.64. The van der Waals surface area contributed by atoms with Gasteiger partial charge in [-0.3, -0.25) is 0 Å². The van der Waals surface area contributed by atoms with E-state index in [4.69, 9.17) is 4.98 Å². The summed E-state index contributed by atoms with van der Waals surface area (Å²) >= 11 is 1.80. The van der Waals surface area contributed by atoms with E-state index in [0.29, 0.717) is 0 Å². The highest BCUT2D eigenvalue weighted by atomic mass is 32.1. The third kappa shape index (κ3) is 3.29. The Morgan fingerprint density at radius 3 is 1.89 bits per heavy atom. The van der Waals surface area contributed by atoms with Crippen LogP contribution in [0, 0.1) is 0 Å². The zero-order chi connectivity index (χ0) is 25.1. The van der Waals surface area contributed by atoms with Crippen LogP contribution in [0.15, 0.2) is 133 Å². The quantitative estimate of drug-likeness (QED) is 0.235. The van der Waals surface area contributed by atoms with Gasteiger partial charge in [0, 0.05) is 32.1 Å². The molecule has 0 fully saturated rings. The molecule has 0 unspecified atom stereocenters. The second kappa shape index (κ2) is 8.41. The van der Waals surface area contributed by atoms with Crippen molar-refractivity contribution in [2.45, 2.75) is 0 Å². The smallest absolute Gasteiger partial charge is 0.0895 e. The van der Waals surface area contributed by atoms with Crippen LogP contribution in [0.4, 0.5) is 0 Å². The van der Waals surface area contributed by atoms with Crippen LogP contribution in [0.2, 0.25) is 0 Å². The number of thiophene rings is 1. The number of para-hydroxylation sites is 2. The Kier molecular flexibility index (Phi) is 4.73. The first-order chi connectivity index (χ1) is 18.8. The zero-order valence-corrected chi connectivity index (χ0v) is 21.3. The molecule has 0 amide bonds. The molecule has 0 radical (unpaired) electrons. The van der Waals surface area contributed by atoms with Crippen LogP contribution in [0.5, 0.6) is 0 Å². The molecule has 38 heavy (non-hydrogen) atoms. The van der Waals surface area contributed by atoms with E-state index < -0.39 is 0 Å². The number of hydrogen-bond donors (Lipinski definition) is 0. The predicted octanol–water partition coefficient (Wildman–Crippen LogP) is 9.88. The maximum Gasteiger partial charge on any atom is 0.0895 e. The van der Waals surface area contributed by atoms with Gasteiger partial charge in [0.2, 0.25) is 0 Å². The lowest BCUT2D eigenvalue weighted by molar-refractivity contribution is 1.18. The molecule has 0 spiro atoms. The van der Waals surface area contributed by atoms with Gasteiger partial charge in [-0.1, -0.05) is 84.9 Å². The normalized spacial score (nSPS) is 11.7. The number of hydrogen-bond acceptors (Lipinski definition) is 2. The molecule has 3 aromatic heterocycles. The monoisotopic (exact) mass is 502 g/mol. The molecule has 0 atom stereocenters. The van der Waals surface area contributed by atoms with E-state index in [1.165, 1.54) is 53.4 Å². The number of aromatic nitrogens is 2. The first-order valence-corrected chi connectivity index (χ1v) is 13.6. The Hall–Kier alpha value is -4.73. The standard InChI is InChI=1S/C35H22N2S/c1-4-13-31-27(10-1)28-11-2-5-14-32(28)37(31)26-18-16-23(17-19-26)24-8-7-9-25(22-24)30-20-21-34-35(36-30)29-12-3-6-15-33(29)38-34/h1-22H. The average Bonchev–Trinajstić information content (AvgIpc) is 3.53. The molecule has 2 nitrogen and oxygen atoms in total. The Bertz CT molecular complexity index is 2080. The summed E-state index contributed by atoms with van der Waals surface area (Å²) in [5, 5.41) is 3.79. The fraction of sp³-hybridized carbons (Fsp3) is 0. The first-order valence-electron chi connectivity index (χ1n) is 12.8. The van der Waals surface area contributed by atoms with Crippen molar-refractivity contribution in [2.75, 3.05) is 0 Å². The van der Waals surface area contributed by atoms with Crippen molar-refractivity contribution >= 4 is 53.4 Å². The van der Waals surface area contributed by atoms with Crippen molar-refractivity contribution in [2.24, 2.45) is 0 Å². The zero-order valence-electron chi connectivity index (χ0n) is 20.5. The van der Waals surface area contributed by atoms with Gasteiger partial charge in [0.25, 0.3) is 0 Å². The van der Waals surface area contributed by atoms with Crippen LogP contribution in [-0.2, 0) is 0 Å². The number of benzene rings is 5. The SMILES string of the molecule is c1cc(-c2ccc(-n3c4ccccc4c4ccccc43)cc2)cc(-c2ccc3sc4ccccc4c3n2)c1. The lowest BCUT2D eigenvalue weighted by Crippen LogP contribution is -1.93. The van der Waals surface area contributed by atoms with Gasteiger partial charge in [-0.15, -0.1) is 11.3 Å². The van der Waals surface area contributed by atoms with Crippen LogP contribution >= 0.6 is 11.3 Å². The minimum Gasteiger partial charge on any atom is -0.309 e. The molecule has 5 aromatic carbocycles. The van der Waals surface area contributed by atoms with Gasteiger partial charge in [-0.05, 0) is 59.7 Å². The Labute approximate surface area is 224 Å². The summed E-state index contributed by atoms with van der Waals surface area (Å²) in [5.74, 6) is 0. The Balaban J connectivity index is 1.20. The predicted molar refractivity (Wildman–Crippen MR) is 162 cm³/mol. The minimum atomic E-state index is 1.00. The molecular weight excluding hydrogens is 480 g/mol. The lowest BCUT2D eigenvalue weighted by atomic mass is 10.0. The molecule has 0 saturated carbocycles. The molecule has 8 aromatic rings. The van der Waals surface area contributed by atoms with Crippen LogP contribution < -0.4 is 0 Å². The van der Waals surface area contributed by atoms with Crippen LogP contribution in [0.1, 0.15) is 0 Å². The van der Waals surface area contributed by atoms with Crippen molar-refractivity contribution in [1.82, 2.24) is 9.55 Å². The van der Waals surface area contributed by atoms with Crippen molar-refractivity contribution < 1.29 is 0 Å². The number of pyridine rings is 1. The molecule has 3 heteroatoms. The summed E-state index contributed by atoms with van der Waals surface area (Å²) in [5.41, 5.74) is 9.22. The molecule has 0 bridgehead atoms. The van der Waals surface area contributed by atoms with E-state index >= 15 is 0 Å². The van der Waals surface area contributed by atoms with Crippen LogP contribution in [-0.4, -0.2) is 9.55 Å². The summed E-state index contributed by atoms with van der Waals surface area (Å²) < 4.78 is 4.87. The molecule has 0 saturated heterocycles. The van der Waals surface area contributed by atoms with E-state index in [1.807, 2.05) is 0 Å². The van der Waals surface area contributed by atoms with Crippen molar-refractivity contribution in [3.05, 3.63) is 133 Å². The van der Waals surface area contributed by atoms with Gasteiger partial charge in [-0.25, -0.2) is 4.98 Å². The topological polar surface area (TPSA) is 17.8 Å². The molecule has 0 aliphatic heterocycles. The molecule has 0 aliphatic rings. The molecule has 3 heterocycles. The minimum absolute atomic E-state index is 1.00. The van der Waals surface area contributed by atoms with E-state index in [2.05, 4.69) is 138 Å². The van der Waals surface area contributed by atoms with Crippen molar-refractivity contribution in [3.63, 3.8) is 0 Å². The Morgan fingerprint density at radius 2 is 1.13 bits per heavy atom. The fourth-order valence-corrected chi connectivity index (χ4v) is 6.66. The maximum atomic E-state index is 5.08. The highest BCUT2D eigenvalue weighted by Crippen LogP contribution is 2.35. The molecule has 8 rings (SSSR count). The van der Waals surface area contributed by atoms with E-state index in [-0.39, 0.29) is 0 Å². The van der Waals surface area contributed by atoms with Crippen LogP contribution in [0.25, 0.3) is 70.2 Å². The van der Waals surface area contributed by atoms with Gasteiger partial charge >= 0.3 is 0 Å². The number of fused-ring (bicyclic) bond motifs is 6. The van der Waals surface area contributed by atoms with Crippen LogP contribution in [0.3, 0.4) is 0 Å². The van der Waals surface area contributed by atoms with Gasteiger partial charge in [0.1, 0.15) is 0 Å². The highest BCUT2D eigenvalue weighted by molar-refractivity contribution is 7.25. The maximum absolute atomic E-state index is 5.08. The molecule has 178 valence electrons. The van der Waals surface area contributed by atoms with Crippen molar-refractivity contribution in [1.29, 1.82) is 0 Å². The summed E-state index contributed by atoms with van der Waals surface area (Å²) in [4.78, 5) is 5.08. The van der Waals surface area contributed by atoms with E-state index in [1.54, 1.807) is 11.3 Å². The largest absolute Gasteiger partial charge is 0.309 e. The fourth-order valence-electron chi connectivity index (χ4n) is 5.61.